The Labute approximate surface area is 123 Å². The molecule has 1 aromatic carbocycles. The van der Waals surface area contributed by atoms with Crippen LogP contribution in [0.3, 0.4) is 0 Å². The van der Waals surface area contributed by atoms with E-state index in [0.29, 0.717) is 30.8 Å². The summed E-state index contributed by atoms with van der Waals surface area (Å²) in [5.74, 6) is -0.544. The maximum absolute atomic E-state index is 13.0. The van der Waals surface area contributed by atoms with Gasteiger partial charge in [0.05, 0.1) is 0 Å². The highest BCUT2D eigenvalue weighted by Gasteiger charge is 2.25. The molecule has 1 atom stereocenters. The molecule has 1 aromatic rings. The van der Waals surface area contributed by atoms with Crippen LogP contribution in [0.4, 0.5) is 14.9 Å². The molecule has 5 nitrogen and oxygen atoms in total. The van der Waals surface area contributed by atoms with Gasteiger partial charge in [-0.05, 0) is 49.4 Å². The van der Waals surface area contributed by atoms with Crippen LogP contribution < -0.4 is 11.1 Å². The Morgan fingerprint density at radius 1 is 1.48 bits per heavy atom. The third-order valence-electron chi connectivity index (χ3n) is 3.73. The van der Waals surface area contributed by atoms with Gasteiger partial charge in [-0.25, -0.2) is 9.18 Å². The van der Waals surface area contributed by atoms with Crippen LogP contribution in [0.25, 0.3) is 0 Å². The Morgan fingerprint density at radius 2 is 2.24 bits per heavy atom. The first kappa shape index (κ1) is 15.3. The summed E-state index contributed by atoms with van der Waals surface area (Å²) in [5, 5.41) is 2.79. The lowest BCUT2D eigenvalue weighted by molar-refractivity contribution is -0.119. The number of anilines is 1. The molecule has 1 aliphatic rings. The molecule has 0 unspecified atom stereocenters. The Bertz CT molecular complexity index is 548. The second kappa shape index (κ2) is 6.56. The minimum absolute atomic E-state index is 0.122. The number of benzene rings is 1. The fourth-order valence-electron chi connectivity index (χ4n) is 2.66. The highest BCUT2D eigenvalue weighted by molar-refractivity contribution is 5.90. The maximum atomic E-state index is 13.0. The molecule has 0 saturated carbocycles. The van der Waals surface area contributed by atoms with Gasteiger partial charge >= 0.3 is 6.03 Å². The predicted molar refractivity (Wildman–Crippen MR) is 78.3 cm³/mol. The summed E-state index contributed by atoms with van der Waals surface area (Å²) in [6, 6.07) is 4.02. The summed E-state index contributed by atoms with van der Waals surface area (Å²) in [4.78, 5) is 24.9. The van der Waals surface area contributed by atoms with Gasteiger partial charge in [-0.3, -0.25) is 4.79 Å². The number of aryl methyl sites for hydroxylation is 1. The fourth-order valence-corrected chi connectivity index (χ4v) is 2.66. The van der Waals surface area contributed by atoms with E-state index < -0.39 is 0 Å². The molecule has 1 aliphatic heterocycles. The van der Waals surface area contributed by atoms with Crippen molar-refractivity contribution in [2.75, 3.05) is 18.4 Å². The van der Waals surface area contributed by atoms with Crippen molar-refractivity contribution in [1.29, 1.82) is 0 Å². The first-order valence-corrected chi connectivity index (χ1v) is 7.06. The van der Waals surface area contributed by atoms with E-state index in [1.54, 1.807) is 17.9 Å². The minimum atomic E-state index is -0.336. The van der Waals surface area contributed by atoms with E-state index in [1.807, 2.05) is 0 Å². The first-order chi connectivity index (χ1) is 9.95. The lowest BCUT2D eigenvalue weighted by Crippen LogP contribution is -2.43. The summed E-state index contributed by atoms with van der Waals surface area (Å²) in [6.07, 6.45) is 2.06. The van der Waals surface area contributed by atoms with Gasteiger partial charge in [0.1, 0.15) is 5.82 Å². The fraction of sp³-hybridized carbons (Fsp3) is 0.467. The number of rotatable bonds is 3. The molecule has 0 spiro atoms. The van der Waals surface area contributed by atoms with Crippen LogP contribution >= 0.6 is 0 Å². The molecule has 114 valence electrons. The number of nitrogens with zero attached hydrogens (tertiary/aromatic N) is 1. The van der Waals surface area contributed by atoms with E-state index in [2.05, 4.69) is 5.32 Å². The number of piperidine rings is 1. The molecule has 2 rings (SSSR count). The van der Waals surface area contributed by atoms with Crippen LogP contribution in [0.5, 0.6) is 0 Å². The van der Waals surface area contributed by atoms with Gasteiger partial charge < -0.3 is 16.0 Å². The van der Waals surface area contributed by atoms with Crippen molar-refractivity contribution in [1.82, 2.24) is 4.90 Å². The van der Waals surface area contributed by atoms with Crippen LogP contribution in [-0.4, -0.2) is 29.9 Å². The summed E-state index contributed by atoms with van der Waals surface area (Å²) in [7, 11) is 0. The number of hydrogen-bond acceptors (Lipinski definition) is 2. The van der Waals surface area contributed by atoms with E-state index in [4.69, 9.17) is 5.73 Å². The summed E-state index contributed by atoms with van der Waals surface area (Å²) < 4.78 is 13.0. The van der Waals surface area contributed by atoms with Crippen LogP contribution in [0, 0.1) is 18.7 Å². The van der Waals surface area contributed by atoms with Gasteiger partial charge in [0.25, 0.3) is 0 Å². The van der Waals surface area contributed by atoms with Crippen molar-refractivity contribution in [3.63, 3.8) is 0 Å². The smallest absolute Gasteiger partial charge is 0.321 e. The Balaban J connectivity index is 1.97. The first-order valence-electron chi connectivity index (χ1n) is 7.06. The monoisotopic (exact) mass is 293 g/mol. The van der Waals surface area contributed by atoms with E-state index in [1.165, 1.54) is 12.1 Å². The van der Waals surface area contributed by atoms with Crippen LogP contribution in [0.1, 0.15) is 24.8 Å². The average Bonchev–Trinajstić information content (AvgIpc) is 2.41. The number of halogens is 1. The van der Waals surface area contributed by atoms with Gasteiger partial charge in [-0.15, -0.1) is 0 Å². The third-order valence-corrected chi connectivity index (χ3v) is 3.73. The number of nitrogens with two attached hydrogens (primary N) is 1. The highest BCUT2D eigenvalue weighted by Crippen LogP contribution is 2.21. The third kappa shape index (κ3) is 4.18. The Hall–Kier alpha value is -2.11. The van der Waals surface area contributed by atoms with Crippen LogP contribution in [0.15, 0.2) is 18.2 Å². The normalized spacial score (nSPS) is 18.4. The maximum Gasteiger partial charge on any atom is 0.321 e. The zero-order chi connectivity index (χ0) is 15.4. The molecule has 0 aliphatic carbocycles. The number of amides is 3. The van der Waals surface area contributed by atoms with Gasteiger partial charge in [-0.2, -0.15) is 0 Å². The molecule has 0 aromatic heterocycles. The van der Waals surface area contributed by atoms with E-state index in [-0.39, 0.29) is 23.7 Å². The van der Waals surface area contributed by atoms with Gasteiger partial charge in [0, 0.05) is 25.2 Å². The number of nitrogens with one attached hydrogen (secondary N) is 1. The quantitative estimate of drug-likeness (QED) is 0.897. The molecular weight excluding hydrogens is 273 g/mol. The van der Waals surface area contributed by atoms with Crippen LogP contribution in [0.2, 0.25) is 0 Å². The van der Waals surface area contributed by atoms with E-state index in [0.717, 1.165) is 12.8 Å². The van der Waals surface area contributed by atoms with Crippen molar-refractivity contribution in [3.05, 3.63) is 29.6 Å². The topological polar surface area (TPSA) is 75.4 Å². The van der Waals surface area contributed by atoms with Crippen molar-refractivity contribution in [2.24, 2.45) is 11.7 Å². The average molecular weight is 293 g/mol. The zero-order valence-corrected chi connectivity index (χ0v) is 12.1. The standard InChI is InChI=1S/C15H20FN3O2/c1-10-7-12(16)4-5-13(10)18-15(21)19-6-2-3-11(9-19)8-14(17)20/h4-5,7,11H,2-3,6,8-9H2,1H3,(H2,17,20)(H,18,21)/t11-/m1/s1. The molecule has 3 N–H and O–H groups in total. The number of primary amides is 1. The van der Waals surface area contributed by atoms with Crippen molar-refractivity contribution < 1.29 is 14.0 Å². The summed E-state index contributed by atoms with van der Waals surface area (Å²) >= 11 is 0. The molecule has 1 heterocycles. The molecule has 1 saturated heterocycles. The largest absolute Gasteiger partial charge is 0.370 e. The van der Waals surface area contributed by atoms with E-state index in [9.17, 15) is 14.0 Å². The number of carbonyl (C=O) groups excluding carboxylic acids is 2. The van der Waals surface area contributed by atoms with Gasteiger partial charge in [0.2, 0.25) is 5.91 Å². The molecule has 0 bridgehead atoms. The zero-order valence-electron chi connectivity index (χ0n) is 12.1. The predicted octanol–water partition coefficient (Wildman–Crippen LogP) is 2.25. The lowest BCUT2D eigenvalue weighted by Gasteiger charge is -2.32. The second-order valence-electron chi connectivity index (χ2n) is 5.51. The molecule has 21 heavy (non-hydrogen) atoms. The molecule has 1 fully saturated rings. The number of likely N-dealkylation sites (tertiary alicyclic amines) is 1. The summed E-state index contributed by atoms with van der Waals surface area (Å²) in [5.41, 5.74) is 6.48. The van der Waals surface area contributed by atoms with Gasteiger partial charge in [0.15, 0.2) is 0 Å². The van der Waals surface area contributed by atoms with Gasteiger partial charge in [-0.1, -0.05) is 0 Å². The number of carbonyl (C=O) groups is 2. The van der Waals surface area contributed by atoms with Crippen LogP contribution in [-0.2, 0) is 4.79 Å². The highest BCUT2D eigenvalue weighted by atomic mass is 19.1. The lowest BCUT2D eigenvalue weighted by atomic mass is 9.95. The van der Waals surface area contributed by atoms with E-state index >= 15 is 0 Å². The Morgan fingerprint density at radius 3 is 2.90 bits per heavy atom. The molecule has 0 radical (unpaired) electrons. The second-order valence-corrected chi connectivity index (χ2v) is 5.51. The number of urea groups is 1. The molecular formula is C15H20FN3O2. The van der Waals surface area contributed by atoms with Crippen molar-refractivity contribution in [2.45, 2.75) is 26.2 Å². The number of hydrogen-bond donors (Lipinski definition) is 2. The SMILES string of the molecule is Cc1cc(F)ccc1NC(=O)N1CCC[C@H](CC(N)=O)C1. The summed E-state index contributed by atoms with van der Waals surface area (Å²) in [6.45, 7) is 2.92. The van der Waals surface area contributed by atoms with Crippen molar-refractivity contribution in [3.8, 4) is 0 Å². The molecule has 6 heteroatoms. The Kier molecular flexibility index (Phi) is 4.77. The minimum Gasteiger partial charge on any atom is -0.370 e. The van der Waals surface area contributed by atoms with Crippen molar-refractivity contribution >= 4 is 17.6 Å². The molecule has 3 amide bonds.